The van der Waals surface area contributed by atoms with E-state index >= 15 is 0 Å². The Hall–Kier alpha value is -4.18. The van der Waals surface area contributed by atoms with Gasteiger partial charge in [-0.3, -0.25) is 9.59 Å². The Balaban J connectivity index is 1.72. The van der Waals surface area contributed by atoms with Crippen molar-refractivity contribution in [3.05, 3.63) is 99.1 Å². The molecule has 0 saturated carbocycles. The predicted octanol–water partition coefficient (Wildman–Crippen LogP) is 6.74. The SMILES string of the molecule is CCOc1cc(/C=C2\C(=O)N(c3cccc(C)c3)C(=O)N(c3cccc4ccccc34)C2=O)cc(I)c1OC. The van der Waals surface area contributed by atoms with E-state index < -0.39 is 17.8 Å². The number of fused-ring (bicyclic) bond motifs is 1. The number of anilines is 2. The van der Waals surface area contributed by atoms with Gasteiger partial charge in [0.2, 0.25) is 0 Å². The molecule has 0 spiro atoms. The van der Waals surface area contributed by atoms with Crippen molar-refractivity contribution in [3.8, 4) is 11.5 Å². The van der Waals surface area contributed by atoms with E-state index in [0.29, 0.717) is 35.0 Å². The van der Waals surface area contributed by atoms with Gasteiger partial charge >= 0.3 is 6.03 Å². The molecule has 1 fully saturated rings. The van der Waals surface area contributed by atoms with Gasteiger partial charge in [0, 0.05) is 5.39 Å². The van der Waals surface area contributed by atoms with E-state index in [0.717, 1.165) is 29.7 Å². The van der Waals surface area contributed by atoms with Crippen LogP contribution in [0, 0.1) is 10.5 Å². The molecule has 1 heterocycles. The summed E-state index contributed by atoms with van der Waals surface area (Å²) in [6, 6.07) is 22.8. The number of carbonyl (C=O) groups is 3. The molecule has 1 saturated heterocycles. The fourth-order valence-corrected chi connectivity index (χ4v) is 5.48. The molecule has 39 heavy (non-hydrogen) atoms. The van der Waals surface area contributed by atoms with Gasteiger partial charge in [-0.25, -0.2) is 14.6 Å². The summed E-state index contributed by atoms with van der Waals surface area (Å²) in [5.74, 6) is -0.341. The van der Waals surface area contributed by atoms with Crippen LogP contribution in [-0.2, 0) is 9.59 Å². The molecular weight excluding hydrogens is 607 g/mol. The number of imide groups is 2. The number of urea groups is 1. The fraction of sp³-hybridized carbons (Fsp3) is 0.129. The summed E-state index contributed by atoms with van der Waals surface area (Å²) in [7, 11) is 1.56. The van der Waals surface area contributed by atoms with Crippen molar-refractivity contribution in [2.24, 2.45) is 0 Å². The monoisotopic (exact) mass is 632 g/mol. The lowest BCUT2D eigenvalue weighted by molar-refractivity contribution is -0.121. The maximum Gasteiger partial charge on any atom is 0.343 e. The lowest BCUT2D eigenvalue weighted by Crippen LogP contribution is -2.57. The van der Waals surface area contributed by atoms with Crippen LogP contribution >= 0.6 is 22.6 Å². The van der Waals surface area contributed by atoms with Gasteiger partial charge in [0.25, 0.3) is 11.8 Å². The average molecular weight is 632 g/mol. The van der Waals surface area contributed by atoms with E-state index in [2.05, 4.69) is 22.6 Å². The summed E-state index contributed by atoms with van der Waals surface area (Å²) >= 11 is 2.12. The van der Waals surface area contributed by atoms with Gasteiger partial charge in [0.15, 0.2) is 11.5 Å². The number of aryl methyl sites for hydroxylation is 1. The third kappa shape index (κ3) is 4.87. The third-order valence-corrected chi connectivity index (χ3v) is 7.17. The van der Waals surface area contributed by atoms with Crippen LogP contribution in [0.4, 0.5) is 16.2 Å². The number of rotatable bonds is 6. The molecule has 1 aliphatic heterocycles. The number of nitrogens with zero attached hydrogens (tertiary/aromatic N) is 2. The average Bonchev–Trinajstić information content (AvgIpc) is 2.91. The van der Waals surface area contributed by atoms with Crippen LogP contribution in [0.2, 0.25) is 0 Å². The van der Waals surface area contributed by atoms with Gasteiger partial charge in [0.1, 0.15) is 5.57 Å². The first-order chi connectivity index (χ1) is 18.8. The normalized spacial score (nSPS) is 14.9. The summed E-state index contributed by atoms with van der Waals surface area (Å²) < 4.78 is 12.0. The van der Waals surface area contributed by atoms with Crippen molar-refractivity contribution in [1.29, 1.82) is 0 Å². The van der Waals surface area contributed by atoms with Crippen molar-refractivity contribution < 1.29 is 23.9 Å². The molecule has 196 valence electrons. The first kappa shape index (κ1) is 26.4. The fourth-order valence-electron chi connectivity index (χ4n) is 4.64. The van der Waals surface area contributed by atoms with Gasteiger partial charge in [0.05, 0.1) is 28.7 Å². The second kappa shape index (κ2) is 10.9. The van der Waals surface area contributed by atoms with Crippen LogP contribution in [0.5, 0.6) is 11.5 Å². The third-order valence-electron chi connectivity index (χ3n) is 6.36. The molecule has 0 radical (unpaired) electrons. The van der Waals surface area contributed by atoms with E-state index in [1.165, 1.54) is 6.08 Å². The van der Waals surface area contributed by atoms with Crippen molar-refractivity contribution >= 4 is 68.7 Å². The Morgan fingerprint density at radius 3 is 2.33 bits per heavy atom. The first-order valence-electron chi connectivity index (χ1n) is 12.3. The molecule has 4 amide bonds. The van der Waals surface area contributed by atoms with Gasteiger partial charge in [-0.2, -0.15) is 0 Å². The molecular formula is C31H25IN2O5. The van der Waals surface area contributed by atoms with Crippen molar-refractivity contribution in [2.75, 3.05) is 23.5 Å². The standard InChI is InChI=1S/C31H25IN2O5/c1-4-39-27-18-20(17-25(32)28(27)38-3)16-24-29(35)33(22-12-7-9-19(2)15-22)31(37)34(30(24)36)26-14-8-11-21-10-5-6-13-23(21)26/h5-18H,4H2,1-3H3/b24-16+. The van der Waals surface area contributed by atoms with Crippen molar-refractivity contribution in [2.45, 2.75) is 13.8 Å². The highest BCUT2D eigenvalue weighted by molar-refractivity contribution is 14.1. The second-order valence-corrected chi connectivity index (χ2v) is 10.1. The number of barbiturate groups is 1. The largest absolute Gasteiger partial charge is 0.492 e. The predicted molar refractivity (Wildman–Crippen MR) is 160 cm³/mol. The van der Waals surface area contributed by atoms with Gasteiger partial charge in [-0.05, 0) is 89.4 Å². The van der Waals surface area contributed by atoms with E-state index in [1.807, 2.05) is 50.2 Å². The lowest BCUT2D eigenvalue weighted by Gasteiger charge is -2.34. The number of benzene rings is 4. The zero-order valence-corrected chi connectivity index (χ0v) is 23.8. The minimum absolute atomic E-state index is 0.146. The van der Waals surface area contributed by atoms with Gasteiger partial charge < -0.3 is 9.47 Å². The Bertz CT molecular complexity index is 1660. The molecule has 0 atom stereocenters. The molecule has 8 heteroatoms. The highest BCUT2D eigenvalue weighted by atomic mass is 127. The molecule has 5 rings (SSSR count). The van der Waals surface area contributed by atoms with Crippen molar-refractivity contribution in [3.63, 3.8) is 0 Å². The topological polar surface area (TPSA) is 76.2 Å². The van der Waals surface area contributed by atoms with Gasteiger partial charge in [-0.15, -0.1) is 0 Å². The maximum atomic E-state index is 14.0. The molecule has 1 aliphatic rings. The highest BCUT2D eigenvalue weighted by Crippen LogP contribution is 2.37. The summed E-state index contributed by atoms with van der Waals surface area (Å²) in [5.41, 5.74) is 2.08. The van der Waals surface area contributed by atoms with Crippen LogP contribution in [0.3, 0.4) is 0 Å². The van der Waals surface area contributed by atoms with Crippen LogP contribution in [0.15, 0.2) is 84.4 Å². The highest BCUT2D eigenvalue weighted by Gasteiger charge is 2.44. The van der Waals surface area contributed by atoms with Crippen LogP contribution in [0.25, 0.3) is 16.8 Å². The lowest BCUT2D eigenvalue weighted by atomic mass is 10.0. The van der Waals surface area contributed by atoms with Crippen molar-refractivity contribution in [1.82, 2.24) is 0 Å². The number of amides is 4. The zero-order chi connectivity index (χ0) is 27.7. The Morgan fingerprint density at radius 1 is 0.872 bits per heavy atom. The number of ether oxygens (including phenoxy) is 2. The Labute approximate surface area is 239 Å². The number of hydrogen-bond acceptors (Lipinski definition) is 5. The molecule has 4 aromatic rings. The zero-order valence-electron chi connectivity index (χ0n) is 21.6. The van der Waals surface area contributed by atoms with E-state index in [1.54, 1.807) is 49.6 Å². The molecule has 0 aromatic heterocycles. The smallest absolute Gasteiger partial charge is 0.343 e. The molecule has 4 aromatic carbocycles. The number of hydrogen-bond donors (Lipinski definition) is 0. The summed E-state index contributed by atoms with van der Waals surface area (Å²) in [5, 5.41) is 1.59. The molecule has 0 bridgehead atoms. The molecule has 0 N–H and O–H groups in total. The summed E-state index contributed by atoms with van der Waals surface area (Å²) in [6.45, 7) is 4.15. The minimum Gasteiger partial charge on any atom is -0.492 e. The van der Waals surface area contributed by atoms with E-state index in [-0.39, 0.29) is 5.57 Å². The van der Waals surface area contributed by atoms with Crippen LogP contribution in [-0.4, -0.2) is 31.6 Å². The Kier molecular flexibility index (Phi) is 7.38. The molecule has 0 aliphatic carbocycles. The Morgan fingerprint density at radius 2 is 1.59 bits per heavy atom. The summed E-state index contributed by atoms with van der Waals surface area (Å²) in [6.07, 6.45) is 1.50. The maximum absolute atomic E-state index is 14.0. The van der Waals surface area contributed by atoms with Gasteiger partial charge in [-0.1, -0.05) is 48.5 Å². The second-order valence-electron chi connectivity index (χ2n) is 8.93. The molecule has 0 unspecified atom stereocenters. The molecule has 7 nitrogen and oxygen atoms in total. The van der Waals surface area contributed by atoms with E-state index in [4.69, 9.17) is 9.47 Å². The van der Waals surface area contributed by atoms with Crippen LogP contribution < -0.4 is 19.3 Å². The van der Waals surface area contributed by atoms with E-state index in [9.17, 15) is 14.4 Å². The first-order valence-corrected chi connectivity index (χ1v) is 13.4. The minimum atomic E-state index is -0.733. The quantitative estimate of drug-likeness (QED) is 0.134. The summed E-state index contributed by atoms with van der Waals surface area (Å²) in [4.78, 5) is 43.9. The number of methoxy groups -OCH3 is 1. The number of carbonyl (C=O) groups excluding carboxylic acids is 3. The van der Waals surface area contributed by atoms with Crippen LogP contribution in [0.1, 0.15) is 18.1 Å². The number of halogens is 1.